The standard InChI is InChI=1S/C9H19N.H2O4S/c1-2-10-8-6-4-3-5-7-9-10;1-5(2,3)4/h2-9H2,1H3;(H2,1,2,3,4). The van der Waals surface area contributed by atoms with Crippen LogP contribution in [0.3, 0.4) is 0 Å². The van der Waals surface area contributed by atoms with Gasteiger partial charge in [-0.25, -0.2) is 0 Å². The summed E-state index contributed by atoms with van der Waals surface area (Å²) in [6.07, 6.45) is 7.23. The second-order valence-corrected chi connectivity index (χ2v) is 4.55. The van der Waals surface area contributed by atoms with E-state index < -0.39 is 10.4 Å². The van der Waals surface area contributed by atoms with Gasteiger partial charge in [-0.3, -0.25) is 9.11 Å². The highest BCUT2D eigenvalue weighted by Gasteiger charge is 2.04. The molecule has 1 aliphatic rings. The highest BCUT2D eigenvalue weighted by Crippen LogP contribution is 2.09. The third-order valence-electron chi connectivity index (χ3n) is 2.40. The van der Waals surface area contributed by atoms with E-state index in [4.69, 9.17) is 17.5 Å². The second kappa shape index (κ2) is 8.04. The van der Waals surface area contributed by atoms with Gasteiger partial charge in [0.25, 0.3) is 0 Å². The third kappa shape index (κ3) is 13.8. The molecule has 0 amide bonds. The lowest BCUT2D eigenvalue weighted by Gasteiger charge is -2.22. The van der Waals surface area contributed by atoms with E-state index >= 15 is 0 Å². The Morgan fingerprint density at radius 3 is 1.67 bits per heavy atom. The Kier molecular flexibility index (Phi) is 7.95. The van der Waals surface area contributed by atoms with E-state index in [9.17, 15) is 0 Å². The maximum Gasteiger partial charge on any atom is 0.394 e. The van der Waals surface area contributed by atoms with E-state index in [1.807, 2.05) is 0 Å². The van der Waals surface area contributed by atoms with E-state index in [0.717, 1.165) is 0 Å². The average Bonchev–Trinajstić information content (AvgIpc) is 2.00. The third-order valence-corrected chi connectivity index (χ3v) is 2.40. The Labute approximate surface area is 92.1 Å². The summed E-state index contributed by atoms with van der Waals surface area (Å²) in [5.41, 5.74) is 0. The molecule has 0 aliphatic carbocycles. The number of nitrogens with zero attached hydrogens (tertiary/aromatic N) is 1. The number of hydrogen-bond acceptors (Lipinski definition) is 3. The molecule has 1 rings (SSSR count). The van der Waals surface area contributed by atoms with Gasteiger partial charge in [0, 0.05) is 0 Å². The van der Waals surface area contributed by atoms with Crippen LogP contribution in [0.25, 0.3) is 0 Å². The normalized spacial score (nSPS) is 19.7. The summed E-state index contributed by atoms with van der Waals surface area (Å²) in [7, 11) is -4.67. The molecule has 0 aromatic carbocycles. The Bertz CT molecular complexity index is 224. The first kappa shape index (κ1) is 14.8. The minimum Gasteiger partial charge on any atom is -0.304 e. The second-order valence-electron chi connectivity index (χ2n) is 3.65. The van der Waals surface area contributed by atoms with E-state index in [2.05, 4.69) is 11.8 Å². The lowest BCUT2D eigenvalue weighted by molar-refractivity contribution is 0.259. The molecule has 1 fully saturated rings. The minimum absolute atomic E-state index is 1.25. The lowest BCUT2D eigenvalue weighted by atomic mass is 10.1. The molecular formula is C9H21NO4S. The van der Waals surface area contributed by atoms with Crippen molar-refractivity contribution in [3.05, 3.63) is 0 Å². The van der Waals surface area contributed by atoms with E-state index in [-0.39, 0.29) is 0 Å². The Balaban J connectivity index is 0.000000336. The largest absolute Gasteiger partial charge is 0.394 e. The molecule has 0 atom stereocenters. The molecule has 92 valence electrons. The first-order valence-corrected chi connectivity index (χ1v) is 6.75. The molecule has 0 aromatic heterocycles. The molecule has 0 saturated carbocycles. The summed E-state index contributed by atoms with van der Waals surface area (Å²) in [6.45, 7) is 6.20. The molecule has 0 bridgehead atoms. The lowest BCUT2D eigenvalue weighted by Crippen LogP contribution is -2.26. The monoisotopic (exact) mass is 239 g/mol. The van der Waals surface area contributed by atoms with Gasteiger partial charge in [-0.05, 0) is 32.5 Å². The van der Waals surface area contributed by atoms with Crippen molar-refractivity contribution in [3.63, 3.8) is 0 Å². The maximum absolute atomic E-state index is 8.74. The number of likely N-dealkylation sites (tertiary alicyclic amines) is 1. The van der Waals surface area contributed by atoms with Gasteiger partial charge in [0.1, 0.15) is 0 Å². The van der Waals surface area contributed by atoms with Crippen LogP contribution in [0.5, 0.6) is 0 Å². The van der Waals surface area contributed by atoms with Crippen molar-refractivity contribution in [1.29, 1.82) is 0 Å². The summed E-state index contributed by atoms with van der Waals surface area (Å²) in [6, 6.07) is 0. The van der Waals surface area contributed by atoms with Crippen molar-refractivity contribution in [1.82, 2.24) is 4.90 Å². The summed E-state index contributed by atoms with van der Waals surface area (Å²) in [5.74, 6) is 0. The Hall–Kier alpha value is -0.170. The zero-order valence-electron chi connectivity index (χ0n) is 9.22. The van der Waals surface area contributed by atoms with Crippen molar-refractivity contribution < 1.29 is 17.5 Å². The predicted molar refractivity (Wildman–Crippen MR) is 59.4 cm³/mol. The highest BCUT2D eigenvalue weighted by atomic mass is 32.3. The Morgan fingerprint density at radius 1 is 1.00 bits per heavy atom. The van der Waals surface area contributed by atoms with Gasteiger partial charge >= 0.3 is 10.4 Å². The van der Waals surface area contributed by atoms with E-state index in [1.165, 1.54) is 51.7 Å². The van der Waals surface area contributed by atoms with Gasteiger partial charge < -0.3 is 4.90 Å². The van der Waals surface area contributed by atoms with Gasteiger partial charge in [-0.15, -0.1) is 0 Å². The fourth-order valence-electron chi connectivity index (χ4n) is 1.63. The van der Waals surface area contributed by atoms with Crippen LogP contribution in [0, 0.1) is 0 Å². The zero-order valence-corrected chi connectivity index (χ0v) is 10.0. The molecule has 5 nitrogen and oxygen atoms in total. The minimum atomic E-state index is -4.67. The number of rotatable bonds is 1. The van der Waals surface area contributed by atoms with Crippen molar-refractivity contribution in [2.75, 3.05) is 19.6 Å². The fraction of sp³-hybridized carbons (Fsp3) is 1.00. The fourth-order valence-corrected chi connectivity index (χ4v) is 1.63. The maximum atomic E-state index is 8.74. The van der Waals surface area contributed by atoms with E-state index in [0.29, 0.717) is 0 Å². The molecule has 1 heterocycles. The van der Waals surface area contributed by atoms with Crippen LogP contribution in [0.2, 0.25) is 0 Å². The van der Waals surface area contributed by atoms with Crippen molar-refractivity contribution in [3.8, 4) is 0 Å². The van der Waals surface area contributed by atoms with Crippen LogP contribution in [-0.2, 0) is 10.4 Å². The summed E-state index contributed by atoms with van der Waals surface area (Å²) in [5, 5.41) is 0. The average molecular weight is 239 g/mol. The van der Waals surface area contributed by atoms with Crippen LogP contribution in [0.15, 0.2) is 0 Å². The van der Waals surface area contributed by atoms with Crippen molar-refractivity contribution in [2.45, 2.75) is 39.0 Å². The van der Waals surface area contributed by atoms with Crippen LogP contribution in [0.1, 0.15) is 39.0 Å². The van der Waals surface area contributed by atoms with Crippen molar-refractivity contribution >= 4 is 10.4 Å². The molecular weight excluding hydrogens is 218 g/mol. The Morgan fingerprint density at radius 2 is 1.33 bits per heavy atom. The van der Waals surface area contributed by atoms with Crippen molar-refractivity contribution in [2.24, 2.45) is 0 Å². The van der Waals surface area contributed by atoms with Crippen LogP contribution < -0.4 is 0 Å². The smallest absolute Gasteiger partial charge is 0.304 e. The molecule has 1 aliphatic heterocycles. The first-order valence-electron chi connectivity index (χ1n) is 5.35. The van der Waals surface area contributed by atoms with Gasteiger partial charge in [-0.2, -0.15) is 8.42 Å². The quantitative estimate of drug-likeness (QED) is 0.680. The SMILES string of the molecule is CCN1CCCCCCC1.O=S(=O)(O)O. The topological polar surface area (TPSA) is 77.8 Å². The summed E-state index contributed by atoms with van der Waals surface area (Å²) >= 11 is 0. The van der Waals surface area contributed by atoms with Gasteiger partial charge in [-0.1, -0.05) is 26.2 Å². The molecule has 1 saturated heterocycles. The van der Waals surface area contributed by atoms with Gasteiger partial charge in [0.05, 0.1) is 0 Å². The van der Waals surface area contributed by atoms with Crippen LogP contribution in [0.4, 0.5) is 0 Å². The van der Waals surface area contributed by atoms with E-state index in [1.54, 1.807) is 0 Å². The molecule has 6 heteroatoms. The highest BCUT2D eigenvalue weighted by molar-refractivity contribution is 7.79. The molecule has 0 spiro atoms. The number of hydrogen-bond donors (Lipinski definition) is 2. The molecule has 0 aromatic rings. The molecule has 2 N–H and O–H groups in total. The molecule has 0 radical (unpaired) electrons. The first-order chi connectivity index (χ1) is 6.93. The zero-order chi connectivity index (χ0) is 11.7. The molecule has 0 unspecified atom stereocenters. The summed E-state index contributed by atoms with van der Waals surface area (Å²) < 4.78 is 31.6. The molecule has 15 heavy (non-hydrogen) atoms. The van der Waals surface area contributed by atoms with Crippen LogP contribution >= 0.6 is 0 Å². The van der Waals surface area contributed by atoms with Gasteiger partial charge in [0.15, 0.2) is 0 Å². The predicted octanol–water partition coefficient (Wildman–Crippen LogP) is 1.62. The summed E-state index contributed by atoms with van der Waals surface area (Å²) in [4.78, 5) is 2.57. The van der Waals surface area contributed by atoms with Gasteiger partial charge in [0.2, 0.25) is 0 Å². The van der Waals surface area contributed by atoms with Crippen LogP contribution in [-0.4, -0.2) is 42.1 Å².